The van der Waals surface area contributed by atoms with Crippen LogP contribution in [0.1, 0.15) is 38.3 Å². The van der Waals surface area contributed by atoms with Gasteiger partial charge >= 0.3 is 0 Å². The zero-order chi connectivity index (χ0) is 21.1. The van der Waals surface area contributed by atoms with E-state index in [2.05, 4.69) is 27.4 Å². The Balaban J connectivity index is 1.44. The number of rotatable bonds is 5. The SMILES string of the molecule is CNc1nc(C)c(C(=O)N2CCO[C@@H](c3ccc(Cc4cccc(Cl)c4)cn3)C2)s1. The summed E-state index contributed by atoms with van der Waals surface area (Å²) in [5.41, 5.74) is 3.83. The number of carbonyl (C=O) groups is 1. The minimum Gasteiger partial charge on any atom is -0.368 e. The Hall–Kier alpha value is -2.48. The monoisotopic (exact) mass is 442 g/mol. The number of aromatic nitrogens is 2. The van der Waals surface area contributed by atoms with E-state index in [1.807, 2.05) is 42.3 Å². The second-order valence-electron chi connectivity index (χ2n) is 7.19. The van der Waals surface area contributed by atoms with E-state index in [0.29, 0.717) is 24.6 Å². The van der Waals surface area contributed by atoms with Crippen LogP contribution in [0.4, 0.5) is 5.13 Å². The number of thiazole rings is 1. The third-order valence-electron chi connectivity index (χ3n) is 5.03. The van der Waals surface area contributed by atoms with Crippen molar-refractivity contribution >= 4 is 34.0 Å². The molecule has 8 heteroatoms. The van der Waals surface area contributed by atoms with Crippen LogP contribution in [0.25, 0.3) is 0 Å². The van der Waals surface area contributed by atoms with Crippen molar-refractivity contribution in [1.82, 2.24) is 14.9 Å². The number of hydrogen-bond acceptors (Lipinski definition) is 6. The van der Waals surface area contributed by atoms with Crippen molar-refractivity contribution in [3.8, 4) is 0 Å². The quantitative estimate of drug-likeness (QED) is 0.636. The van der Waals surface area contributed by atoms with E-state index in [0.717, 1.165) is 39.1 Å². The molecule has 1 fully saturated rings. The van der Waals surface area contributed by atoms with Gasteiger partial charge in [-0.15, -0.1) is 0 Å². The number of ether oxygens (including phenoxy) is 1. The number of amides is 1. The van der Waals surface area contributed by atoms with Crippen LogP contribution in [0.2, 0.25) is 5.02 Å². The largest absolute Gasteiger partial charge is 0.368 e. The summed E-state index contributed by atoms with van der Waals surface area (Å²) >= 11 is 7.45. The number of pyridine rings is 1. The molecule has 0 bridgehead atoms. The highest BCUT2D eigenvalue weighted by atomic mass is 35.5. The number of hydrogen-bond donors (Lipinski definition) is 1. The Morgan fingerprint density at radius 1 is 1.33 bits per heavy atom. The molecule has 2 aromatic heterocycles. The third kappa shape index (κ3) is 4.64. The average molecular weight is 443 g/mol. The molecule has 3 aromatic rings. The highest BCUT2D eigenvalue weighted by Gasteiger charge is 2.29. The maximum atomic E-state index is 13.0. The summed E-state index contributed by atoms with van der Waals surface area (Å²) in [7, 11) is 1.80. The van der Waals surface area contributed by atoms with Gasteiger partial charge in [0, 0.05) is 24.8 Å². The molecule has 1 atom stereocenters. The van der Waals surface area contributed by atoms with E-state index in [9.17, 15) is 4.79 Å². The van der Waals surface area contributed by atoms with Gasteiger partial charge in [0.2, 0.25) is 0 Å². The van der Waals surface area contributed by atoms with Gasteiger partial charge in [0.25, 0.3) is 5.91 Å². The third-order valence-corrected chi connectivity index (χ3v) is 6.43. The van der Waals surface area contributed by atoms with Gasteiger partial charge in [-0.25, -0.2) is 4.98 Å². The van der Waals surface area contributed by atoms with E-state index in [1.54, 1.807) is 7.05 Å². The number of carbonyl (C=O) groups excluding carboxylic acids is 1. The molecule has 1 aromatic carbocycles. The molecule has 1 amide bonds. The van der Waals surface area contributed by atoms with Gasteiger partial charge in [-0.3, -0.25) is 9.78 Å². The van der Waals surface area contributed by atoms with Gasteiger partial charge < -0.3 is 15.0 Å². The fraction of sp³-hybridized carbons (Fsp3) is 0.318. The smallest absolute Gasteiger partial charge is 0.266 e. The summed E-state index contributed by atoms with van der Waals surface area (Å²) in [6.45, 7) is 3.39. The van der Waals surface area contributed by atoms with Gasteiger partial charge in [0.1, 0.15) is 11.0 Å². The maximum absolute atomic E-state index is 13.0. The van der Waals surface area contributed by atoms with Crippen molar-refractivity contribution in [2.45, 2.75) is 19.4 Å². The van der Waals surface area contributed by atoms with E-state index in [1.165, 1.54) is 11.3 Å². The van der Waals surface area contributed by atoms with Crippen molar-refractivity contribution in [2.75, 3.05) is 32.1 Å². The first kappa shape index (κ1) is 20.8. The van der Waals surface area contributed by atoms with Crippen LogP contribution in [0.15, 0.2) is 42.6 Å². The standard InChI is InChI=1S/C22H23ClN4O2S/c1-14-20(30-22(24-2)26-14)21(28)27-8-9-29-19(13-27)18-7-6-16(12-25-18)10-15-4-3-5-17(23)11-15/h3-7,11-12,19H,8-10,13H2,1-2H3,(H,24,26)/t19-/m1/s1. The summed E-state index contributed by atoms with van der Waals surface area (Å²) < 4.78 is 5.91. The Kier molecular flexibility index (Phi) is 6.32. The fourth-order valence-corrected chi connectivity index (χ4v) is 4.57. The number of nitrogens with one attached hydrogen (secondary N) is 1. The summed E-state index contributed by atoms with van der Waals surface area (Å²) in [5.74, 6) is -0.00243. The number of aryl methyl sites for hydroxylation is 1. The predicted molar refractivity (Wildman–Crippen MR) is 119 cm³/mol. The number of anilines is 1. The molecule has 0 saturated carbocycles. The Morgan fingerprint density at radius 2 is 2.20 bits per heavy atom. The van der Waals surface area contributed by atoms with Gasteiger partial charge in [-0.2, -0.15) is 0 Å². The first-order valence-electron chi connectivity index (χ1n) is 9.79. The first-order chi connectivity index (χ1) is 14.5. The molecule has 0 spiro atoms. The summed E-state index contributed by atoms with van der Waals surface area (Å²) in [6.07, 6.45) is 2.40. The molecule has 0 unspecified atom stereocenters. The lowest BCUT2D eigenvalue weighted by molar-refractivity contribution is -0.0246. The molecule has 1 N–H and O–H groups in total. The summed E-state index contributed by atoms with van der Waals surface area (Å²) in [5, 5.41) is 4.48. The molecule has 0 radical (unpaired) electrons. The lowest BCUT2D eigenvalue weighted by Gasteiger charge is -2.32. The van der Waals surface area contributed by atoms with Gasteiger partial charge in [-0.05, 0) is 42.7 Å². The highest BCUT2D eigenvalue weighted by Crippen LogP contribution is 2.27. The molecular weight excluding hydrogens is 420 g/mol. The van der Waals surface area contributed by atoms with Crippen LogP contribution in [0, 0.1) is 6.92 Å². The van der Waals surface area contributed by atoms with Crippen LogP contribution >= 0.6 is 22.9 Å². The molecule has 0 aliphatic carbocycles. The minimum absolute atomic E-state index is 0.00243. The lowest BCUT2D eigenvalue weighted by atomic mass is 10.1. The number of benzene rings is 1. The van der Waals surface area contributed by atoms with Crippen LogP contribution in [0.5, 0.6) is 0 Å². The average Bonchev–Trinajstić information content (AvgIpc) is 3.14. The van der Waals surface area contributed by atoms with Crippen LogP contribution < -0.4 is 5.32 Å². The molecule has 6 nitrogen and oxygen atoms in total. The topological polar surface area (TPSA) is 67.4 Å². The summed E-state index contributed by atoms with van der Waals surface area (Å²) in [6, 6.07) is 11.9. The molecule has 4 rings (SSSR count). The van der Waals surface area contributed by atoms with E-state index in [4.69, 9.17) is 16.3 Å². The van der Waals surface area contributed by atoms with Crippen LogP contribution in [-0.4, -0.2) is 47.5 Å². The highest BCUT2D eigenvalue weighted by molar-refractivity contribution is 7.17. The second kappa shape index (κ2) is 9.12. The van der Waals surface area contributed by atoms with E-state index in [-0.39, 0.29) is 12.0 Å². The van der Waals surface area contributed by atoms with Gasteiger partial charge in [0.15, 0.2) is 5.13 Å². The molecule has 1 saturated heterocycles. The van der Waals surface area contributed by atoms with Crippen LogP contribution in [0.3, 0.4) is 0 Å². The molecule has 1 aliphatic rings. The predicted octanol–water partition coefficient (Wildman–Crippen LogP) is 4.35. The molecule has 3 heterocycles. The number of halogens is 1. The number of morpholine rings is 1. The van der Waals surface area contributed by atoms with Crippen molar-refractivity contribution in [1.29, 1.82) is 0 Å². The maximum Gasteiger partial charge on any atom is 0.266 e. The lowest BCUT2D eigenvalue weighted by Crippen LogP contribution is -2.42. The van der Waals surface area contributed by atoms with Crippen molar-refractivity contribution in [3.63, 3.8) is 0 Å². The molecule has 156 valence electrons. The van der Waals surface area contributed by atoms with E-state index >= 15 is 0 Å². The van der Waals surface area contributed by atoms with E-state index < -0.39 is 0 Å². The Morgan fingerprint density at radius 3 is 2.90 bits per heavy atom. The summed E-state index contributed by atoms with van der Waals surface area (Å²) in [4.78, 5) is 24.5. The fourth-order valence-electron chi connectivity index (χ4n) is 3.47. The van der Waals surface area contributed by atoms with Gasteiger partial charge in [-0.1, -0.05) is 41.1 Å². The molecule has 30 heavy (non-hydrogen) atoms. The zero-order valence-electron chi connectivity index (χ0n) is 16.9. The first-order valence-corrected chi connectivity index (χ1v) is 11.0. The number of nitrogens with zero attached hydrogens (tertiary/aromatic N) is 3. The van der Waals surface area contributed by atoms with Crippen molar-refractivity contribution < 1.29 is 9.53 Å². The van der Waals surface area contributed by atoms with Crippen molar-refractivity contribution in [3.05, 3.63) is 75.0 Å². The molecular formula is C22H23ClN4O2S. The zero-order valence-corrected chi connectivity index (χ0v) is 18.5. The van der Waals surface area contributed by atoms with Crippen molar-refractivity contribution in [2.24, 2.45) is 0 Å². The normalized spacial score (nSPS) is 16.5. The van der Waals surface area contributed by atoms with Crippen LogP contribution in [-0.2, 0) is 11.2 Å². The minimum atomic E-state index is -0.236. The second-order valence-corrected chi connectivity index (χ2v) is 8.63. The Bertz CT molecular complexity index is 1040. The Labute approximate surface area is 184 Å². The van der Waals surface area contributed by atoms with Gasteiger partial charge in [0.05, 0.1) is 24.5 Å². The molecule has 1 aliphatic heterocycles.